The van der Waals surface area contributed by atoms with Gasteiger partial charge in [0.25, 0.3) is 0 Å². The van der Waals surface area contributed by atoms with Crippen molar-refractivity contribution in [1.82, 2.24) is 0 Å². The maximum Gasteiger partial charge on any atom is 0.305 e. The molecule has 1 aliphatic heterocycles. The number of likely N-dealkylation sites (N-methyl/N-ethyl adjacent to an activating group) is 1. The molecule has 0 aromatic heterocycles. The van der Waals surface area contributed by atoms with Gasteiger partial charge < -0.3 is 32.9 Å². The topological polar surface area (TPSA) is 72.5 Å². The molecule has 2 aromatic rings. The summed E-state index contributed by atoms with van der Waals surface area (Å²) in [4.78, 5) is 11.6. The molecule has 0 saturated carbocycles. The summed E-state index contributed by atoms with van der Waals surface area (Å²) in [6.45, 7) is 4.07. The third kappa shape index (κ3) is 5.81. The number of carbonyl (C=O) groups is 1. The first-order valence-corrected chi connectivity index (χ1v) is 12.4. The Morgan fingerprint density at radius 2 is 1.50 bits per heavy atom. The first-order chi connectivity index (χ1) is 17.3. The first-order valence-electron chi connectivity index (χ1n) is 12.4. The molecule has 1 aliphatic rings. The van der Waals surface area contributed by atoms with E-state index in [1.807, 2.05) is 19.1 Å². The SMILES string of the molecule is CCC(=O)OCCC[N+]1(C)CCc2cc(OC)c(OC)cc2[C@@H]1Cc1cc(OC)c(OC)c(OC)c1. The van der Waals surface area contributed by atoms with Crippen LogP contribution in [0.2, 0.25) is 0 Å². The van der Waals surface area contributed by atoms with Crippen molar-refractivity contribution in [2.45, 2.75) is 38.6 Å². The van der Waals surface area contributed by atoms with E-state index in [0.29, 0.717) is 30.3 Å². The number of quaternary nitrogens is 1. The van der Waals surface area contributed by atoms with Gasteiger partial charge in [-0.05, 0) is 35.4 Å². The van der Waals surface area contributed by atoms with Crippen LogP contribution in [0.3, 0.4) is 0 Å². The van der Waals surface area contributed by atoms with E-state index >= 15 is 0 Å². The van der Waals surface area contributed by atoms with Crippen LogP contribution in [0.5, 0.6) is 28.7 Å². The molecule has 0 radical (unpaired) electrons. The van der Waals surface area contributed by atoms with E-state index in [4.69, 9.17) is 28.4 Å². The molecule has 8 heteroatoms. The predicted octanol–water partition coefficient (Wildman–Crippen LogP) is 4.36. The van der Waals surface area contributed by atoms with Gasteiger partial charge in [0.1, 0.15) is 6.04 Å². The Hall–Kier alpha value is -3.13. The maximum absolute atomic E-state index is 11.6. The van der Waals surface area contributed by atoms with Crippen molar-refractivity contribution in [1.29, 1.82) is 0 Å². The van der Waals surface area contributed by atoms with Gasteiger partial charge in [-0.1, -0.05) is 6.92 Å². The number of rotatable bonds is 12. The number of ether oxygens (including phenoxy) is 6. The van der Waals surface area contributed by atoms with Gasteiger partial charge in [-0.15, -0.1) is 0 Å². The van der Waals surface area contributed by atoms with Crippen molar-refractivity contribution >= 4 is 5.97 Å². The standard InChI is InChI=1S/C28H40NO7/c1-8-27(30)36-13-9-11-29(2)12-10-20-17-23(31-3)24(32-4)18-21(20)22(29)14-19-15-25(33-5)28(35-7)26(16-19)34-6/h15-18,22H,8-14H2,1-7H3/q+1/t22-,29?/m0/s1. The van der Waals surface area contributed by atoms with Gasteiger partial charge in [-0.3, -0.25) is 4.79 Å². The van der Waals surface area contributed by atoms with Crippen LogP contribution in [0, 0.1) is 0 Å². The predicted molar refractivity (Wildman–Crippen MR) is 138 cm³/mol. The lowest BCUT2D eigenvalue weighted by Gasteiger charge is -2.46. The number of carbonyl (C=O) groups excluding carboxylic acids is 1. The van der Waals surface area contributed by atoms with Gasteiger partial charge in [0.05, 0.1) is 62.3 Å². The van der Waals surface area contributed by atoms with Gasteiger partial charge in [0.2, 0.25) is 5.75 Å². The molecule has 0 bridgehead atoms. The number of benzene rings is 2. The second kappa shape index (κ2) is 12.2. The number of methoxy groups -OCH3 is 5. The summed E-state index contributed by atoms with van der Waals surface area (Å²) >= 11 is 0. The fourth-order valence-electron chi connectivity index (χ4n) is 5.12. The molecule has 2 aromatic carbocycles. The van der Waals surface area contributed by atoms with E-state index in [0.717, 1.165) is 53.9 Å². The Bertz CT molecular complexity index is 1030. The maximum atomic E-state index is 11.6. The average Bonchev–Trinajstić information content (AvgIpc) is 2.91. The number of fused-ring (bicyclic) bond motifs is 1. The van der Waals surface area contributed by atoms with Gasteiger partial charge in [0, 0.05) is 31.2 Å². The van der Waals surface area contributed by atoms with Crippen LogP contribution >= 0.6 is 0 Å². The lowest BCUT2D eigenvalue weighted by atomic mass is 9.86. The Morgan fingerprint density at radius 3 is 2.06 bits per heavy atom. The molecule has 1 heterocycles. The van der Waals surface area contributed by atoms with Crippen LogP contribution in [0.4, 0.5) is 0 Å². The Morgan fingerprint density at radius 1 is 0.889 bits per heavy atom. The lowest BCUT2D eigenvalue weighted by Crippen LogP contribution is -2.52. The number of nitrogens with zero attached hydrogens (tertiary/aromatic N) is 1. The highest BCUT2D eigenvalue weighted by molar-refractivity contribution is 5.68. The van der Waals surface area contributed by atoms with Gasteiger partial charge in [-0.2, -0.15) is 0 Å². The van der Waals surface area contributed by atoms with Gasteiger partial charge in [0.15, 0.2) is 23.0 Å². The molecular weight excluding hydrogens is 462 g/mol. The van der Waals surface area contributed by atoms with E-state index in [9.17, 15) is 4.79 Å². The third-order valence-corrected chi connectivity index (χ3v) is 7.17. The monoisotopic (exact) mass is 502 g/mol. The summed E-state index contributed by atoms with van der Waals surface area (Å²) in [7, 11) is 10.5. The molecule has 36 heavy (non-hydrogen) atoms. The molecule has 0 aliphatic carbocycles. The second-order valence-corrected chi connectivity index (χ2v) is 9.26. The summed E-state index contributed by atoms with van der Waals surface area (Å²) in [5.74, 6) is 3.15. The molecule has 8 nitrogen and oxygen atoms in total. The molecule has 3 rings (SSSR count). The highest BCUT2D eigenvalue weighted by Gasteiger charge is 2.40. The zero-order valence-corrected chi connectivity index (χ0v) is 22.6. The highest BCUT2D eigenvalue weighted by Crippen LogP contribution is 2.44. The minimum Gasteiger partial charge on any atom is -0.493 e. The normalized spacial score (nSPS) is 18.7. The molecule has 0 spiro atoms. The van der Waals surface area contributed by atoms with Gasteiger partial charge >= 0.3 is 5.97 Å². The van der Waals surface area contributed by atoms with E-state index in [1.54, 1.807) is 35.5 Å². The van der Waals surface area contributed by atoms with Crippen LogP contribution in [-0.2, 0) is 22.4 Å². The van der Waals surface area contributed by atoms with Crippen molar-refractivity contribution in [3.63, 3.8) is 0 Å². The minimum atomic E-state index is -0.160. The van der Waals surface area contributed by atoms with Gasteiger partial charge in [-0.25, -0.2) is 0 Å². The zero-order chi connectivity index (χ0) is 26.3. The number of hydrogen-bond acceptors (Lipinski definition) is 7. The zero-order valence-electron chi connectivity index (χ0n) is 22.6. The molecule has 0 N–H and O–H groups in total. The average molecular weight is 503 g/mol. The molecule has 2 atom stereocenters. The molecule has 198 valence electrons. The first kappa shape index (κ1) is 27.5. The Labute approximate surface area is 214 Å². The van der Waals surface area contributed by atoms with Crippen molar-refractivity contribution in [3.8, 4) is 28.7 Å². The second-order valence-electron chi connectivity index (χ2n) is 9.26. The van der Waals surface area contributed by atoms with E-state index in [2.05, 4.69) is 19.2 Å². The fourth-order valence-corrected chi connectivity index (χ4v) is 5.12. The van der Waals surface area contributed by atoms with Crippen LogP contribution in [0.1, 0.15) is 42.5 Å². The number of hydrogen-bond donors (Lipinski definition) is 0. The van der Waals surface area contributed by atoms with Crippen molar-refractivity contribution < 1.29 is 37.7 Å². The third-order valence-electron chi connectivity index (χ3n) is 7.17. The van der Waals surface area contributed by atoms with Crippen molar-refractivity contribution in [2.75, 3.05) is 62.3 Å². The lowest BCUT2D eigenvalue weighted by molar-refractivity contribution is -0.941. The minimum absolute atomic E-state index is 0.137. The molecule has 0 fully saturated rings. The van der Waals surface area contributed by atoms with Crippen molar-refractivity contribution in [3.05, 3.63) is 41.0 Å². The van der Waals surface area contributed by atoms with Crippen LogP contribution in [-0.4, -0.2) is 72.7 Å². The smallest absolute Gasteiger partial charge is 0.305 e. The Balaban J connectivity index is 2.01. The van der Waals surface area contributed by atoms with Crippen molar-refractivity contribution in [2.24, 2.45) is 0 Å². The molecule has 0 saturated heterocycles. The fraction of sp³-hybridized carbons (Fsp3) is 0.536. The summed E-state index contributed by atoms with van der Waals surface area (Å²) in [6, 6.07) is 8.39. The van der Waals surface area contributed by atoms with Crippen LogP contribution in [0.15, 0.2) is 24.3 Å². The Kier molecular flexibility index (Phi) is 9.31. The number of esters is 1. The van der Waals surface area contributed by atoms with Crippen LogP contribution < -0.4 is 23.7 Å². The van der Waals surface area contributed by atoms with E-state index < -0.39 is 0 Å². The largest absolute Gasteiger partial charge is 0.493 e. The molecule has 0 amide bonds. The summed E-state index contributed by atoms with van der Waals surface area (Å²) in [5, 5.41) is 0. The summed E-state index contributed by atoms with van der Waals surface area (Å²) in [5.41, 5.74) is 3.58. The van der Waals surface area contributed by atoms with Crippen LogP contribution in [0.25, 0.3) is 0 Å². The molecular formula is C28H40NO7+. The summed E-state index contributed by atoms with van der Waals surface area (Å²) < 4.78 is 34.2. The van der Waals surface area contributed by atoms with E-state index in [1.165, 1.54) is 11.1 Å². The highest BCUT2D eigenvalue weighted by atomic mass is 16.5. The van der Waals surface area contributed by atoms with E-state index in [-0.39, 0.29) is 12.0 Å². The summed E-state index contributed by atoms with van der Waals surface area (Å²) in [6.07, 6.45) is 2.86. The quantitative estimate of drug-likeness (QED) is 0.243. The molecule has 1 unspecified atom stereocenters.